The van der Waals surface area contributed by atoms with E-state index in [2.05, 4.69) is 26.0 Å². The van der Waals surface area contributed by atoms with Gasteiger partial charge >= 0.3 is 5.69 Å². The van der Waals surface area contributed by atoms with Gasteiger partial charge in [0.05, 0.1) is 32.1 Å². The lowest BCUT2D eigenvalue weighted by atomic mass is 10.2. The Hall–Kier alpha value is -4.51. The molecule has 0 saturated heterocycles. The van der Waals surface area contributed by atoms with Crippen molar-refractivity contribution < 1.29 is 14.1 Å². The van der Waals surface area contributed by atoms with Crippen LogP contribution in [0.25, 0.3) is 33.5 Å². The Balaban J connectivity index is 1.46. The summed E-state index contributed by atoms with van der Waals surface area (Å²) < 4.78 is 13.9. The third kappa shape index (κ3) is 5.39. The van der Waals surface area contributed by atoms with Crippen molar-refractivity contribution in [2.75, 3.05) is 0 Å². The molecule has 0 unspecified atom stereocenters. The van der Waals surface area contributed by atoms with E-state index in [1.807, 2.05) is 12.1 Å². The smallest absolute Gasteiger partial charge is 0.311 e. The van der Waals surface area contributed by atoms with Crippen LogP contribution in [0.5, 0.6) is 5.75 Å². The van der Waals surface area contributed by atoms with E-state index in [1.54, 1.807) is 60.7 Å². The zero-order chi connectivity index (χ0) is 29.4. The zero-order valence-corrected chi connectivity index (χ0v) is 24.4. The average molecular weight is 664 g/mol. The zero-order valence-electron chi connectivity index (χ0n) is 21.3. The highest BCUT2D eigenvalue weighted by Crippen LogP contribution is 2.32. The molecule has 0 amide bonds. The molecule has 0 spiro atoms. The SMILES string of the molecule is O=c1c2ccccc2nc(-c2cc3cc(Br)ccc3o2)n1N=Cc1cccc([N+](=O)[O-])c1OCc1ccc(Cl)c(Cl)c1. The summed E-state index contributed by atoms with van der Waals surface area (Å²) in [6, 6.07) is 23.5. The molecule has 6 rings (SSSR count). The minimum absolute atomic E-state index is 0.0279. The number of para-hydroxylation sites is 2. The first kappa shape index (κ1) is 27.6. The highest BCUT2D eigenvalue weighted by atomic mass is 79.9. The molecule has 0 radical (unpaired) electrons. The van der Waals surface area contributed by atoms with E-state index in [0.717, 1.165) is 14.5 Å². The molecular weight excluding hydrogens is 647 g/mol. The van der Waals surface area contributed by atoms with Crippen molar-refractivity contribution in [2.45, 2.75) is 6.61 Å². The van der Waals surface area contributed by atoms with Gasteiger partial charge in [-0.15, -0.1) is 0 Å². The van der Waals surface area contributed by atoms with Crippen molar-refractivity contribution in [3.8, 4) is 17.3 Å². The van der Waals surface area contributed by atoms with E-state index < -0.39 is 10.5 Å². The fourth-order valence-corrected chi connectivity index (χ4v) is 5.06. The summed E-state index contributed by atoms with van der Waals surface area (Å²) in [5, 5.41) is 18.2. The normalized spacial score (nSPS) is 11.5. The number of furan rings is 1. The van der Waals surface area contributed by atoms with Crippen LogP contribution in [0, 0.1) is 10.1 Å². The number of nitrogens with zero attached hydrogens (tertiary/aromatic N) is 4. The summed E-state index contributed by atoms with van der Waals surface area (Å²) in [7, 11) is 0. The number of nitro groups is 1. The van der Waals surface area contributed by atoms with Gasteiger partial charge in [-0.2, -0.15) is 9.78 Å². The molecule has 9 nitrogen and oxygen atoms in total. The van der Waals surface area contributed by atoms with Crippen molar-refractivity contribution in [3.05, 3.63) is 131 Å². The van der Waals surface area contributed by atoms with Crippen molar-refractivity contribution >= 4 is 72.9 Å². The number of hydrogen-bond acceptors (Lipinski definition) is 7. The second-order valence-corrected chi connectivity index (χ2v) is 10.8. The Labute approximate surface area is 255 Å². The van der Waals surface area contributed by atoms with Gasteiger partial charge in [0.2, 0.25) is 11.6 Å². The van der Waals surface area contributed by atoms with Crippen LogP contribution in [0.15, 0.2) is 104 Å². The first-order valence-electron chi connectivity index (χ1n) is 12.4. The first-order chi connectivity index (χ1) is 20.3. The van der Waals surface area contributed by atoms with Crippen molar-refractivity contribution in [1.29, 1.82) is 0 Å². The van der Waals surface area contributed by atoms with Gasteiger partial charge in [-0.25, -0.2) is 4.98 Å². The van der Waals surface area contributed by atoms with E-state index in [-0.39, 0.29) is 29.4 Å². The van der Waals surface area contributed by atoms with Crippen LogP contribution in [0.2, 0.25) is 10.0 Å². The largest absolute Gasteiger partial charge is 0.481 e. The predicted molar refractivity (Wildman–Crippen MR) is 166 cm³/mol. The van der Waals surface area contributed by atoms with Crippen molar-refractivity contribution in [3.63, 3.8) is 0 Å². The van der Waals surface area contributed by atoms with Gasteiger partial charge in [0.25, 0.3) is 5.56 Å². The number of rotatable bonds is 7. The molecular formula is C30H17BrCl2N4O5. The van der Waals surface area contributed by atoms with Crippen LogP contribution < -0.4 is 10.3 Å². The van der Waals surface area contributed by atoms with Gasteiger partial charge in [-0.05, 0) is 60.2 Å². The molecule has 2 heterocycles. The van der Waals surface area contributed by atoms with Crippen LogP contribution in [0.3, 0.4) is 0 Å². The van der Waals surface area contributed by atoms with Crippen LogP contribution in [0.4, 0.5) is 5.69 Å². The minimum atomic E-state index is -0.552. The predicted octanol–water partition coefficient (Wildman–Crippen LogP) is 8.25. The number of hydrogen-bond donors (Lipinski definition) is 0. The molecule has 208 valence electrons. The van der Waals surface area contributed by atoms with Gasteiger partial charge in [0.1, 0.15) is 12.2 Å². The lowest BCUT2D eigenvalue weighted by Crippen LogP contribution is -2.20. The molecule has 0 atom stereocenters. The quantitative estimate of drug-likeness (QED) is 0.0966. The number of benzene rings is 4. The molecule has 6 aromatic rings. The van der Waals surface area contributed by atoms with Gasteiger partial charge in [0.15, 0.2) is 5.76 Å². The standard InChI is InChI=1S/C30H17BrCl2N4O5/c31-20-9-11-26-19(13-20)14-27(42-26)29-35-24-6-2-1-5-21(24)30(38)36(29)34-15-18-4-3-7-25(37(39)40)28(18)41-16-17-8-10-22(32)23(33)12-17/h1-15H,16H2. The molecule has 0 N–H and O–H groups in total. The monoisotopic (exact) mass is 662 g/mol. The lowest BCUT2D eigenvalue weighted by molar-refractivity contribution is -0.385. The number of ether oxygens (including phenoxy) is 1. The van der Waals surface area contributed by atoms with E-state index in [9.17, 15) is 14.9 Å². The molecule has 0 aliphatic rings. The molecule has 0 bridgehead atoms. The fraction of sp³-hybridized carbons (Fsp3) is 0.0333. The molecule has 42 heavy (non-hydrogen) atoms. The van der Waals surface area contributed by atoms with Crippen LogP contribution in [-0.4, -0.2) is 20.8 Å². The molecule has 4 aromatic carbocycles. The number of nitro benzene ring substituents is 1. The maximum Gasteiger partial charge on any atom is 0.311 e. The molecule has 0 aliphatic carbocycles. The number of halogens is 3. The topological polar surface area (TPSA) is 113 Å². The van der Waals surface area contributed by atoms with Crippen LogP contribution >= 0.6 is 39.1 Å². The Morgan fingerprint density at radius 1 is 1.02 bits per heavy atom. The molecule has 12 heteroatoms. The maximum atomic E-state index is 13.6. The molecule has 0 aliphatic heterocycles. The number of aromatic nitrogens is 2. The van der Waals surface area contributed by atoms with Crippen molar-refractivity contribution in [1.82, 2.24) is 9.66 Å². The second-order valence-electron chi connectivity index (χ2n) is 9.10. The Morgan fingerprint density at radius 2 is 1.86 bits per heavy atom. The van der Waals surface area contributed by atoms with Crippen molar-refractivity contribution in [2.24, 2.45) is 5.10 Å². The lowest BCUT2D eigenvalue weighted by Gasteiger charge is -2.11. The Morgan fingerprint density at radius 3 is 2.67 bits per heavy atom. The van der Waals surface area contributed by atoms with E-state index in [1.165, 1.54) is 18.3 Å². The third-order valence-electron chi connectivity index (χ3n) is 6.35. The highest BCUT2D eigenvalue weighted by Gasteiger charge is 2.20. The fourth-order valence-electron chi connectivity index (χ4n) is 4.36. The second kappa shape index (κ2) is 11.4. The van der Waals surface area contributed by atoms with E-state index >= 15 is 0 Å². The van der Waals surface area contributed by atoms with Gasteiger partial charge < -0.3 is 9.15 Å². The molecule has 0 saturated carbocycles. The van der Waals surface area contributed by atoms with E-state index in [4.69, 9.17) is 32.4 Å². The highest BCUT2D eigenvalue weighted by molar-refractivity contribution is 9.10. The van der Waals surface area contributed by atoms with Crippen LogP contribution in [0.1, 0.15) is 11.1 Å². The van der Waals surface area contributed by atoms with Gasteiger partial charge in [-0.3, -0.25) is 14.9 Å². The summed E-state index contributed by atoms with van der Waals surface area (Å²) in [6.07, 6.45) is 1.32. The summed E-state index contributed by atoms with van der Waals surface area (Å²) in [5.74, 6) is 0.443. The maximum absolute atomic E-state index is 13.6. The Bertz CT molecular complexity index is 2110. The summed E-state index contributed by atoms with van der Waals surface area (Å²) in [6.45, 7) is -0.0279. The summed E-state index contributed by atoms with van der Waals surface area (Å²) >= 11 is 15.6. The molecule has 2 aromatic heterocycles. The van der Waals surface area contributed by atoms with Crippen LogP contribution in [-0.2, 0) is 6.61 Å². The molecule has 0 fully saturated rings. The number of fused-ring (bicyclic) bond motifs is 2. The summed E-state index contributed by atoms with van der Waals surface area (Å²) in [5.41, 5.74) is 1.26. The minimum Gasteiger partial charge on any atom is -0.481 e. The van der Waals surface area contributed by atoms with Gasteiger partial charge in [0, 0.05) is 21.5 Å². The average Bonchev–Trinajstić information content (AvgIpc) is 3.40. The first-order valence-corrected chi connectivity index (χ1v) is 13.9. The summed E-state index contributed by atoms with van der Waals surface area (Å²) in [4.78, 5) is 29.6. The third-order valence-corrected chi connectivity index (χ3v) is 7.59. The van der Waals surface area contributed by atoms with Gasteiger partial charge in [-0.1, -0.05) is 63.4 Å². The van der Waals surface area contributed by atoms with E-state index in [0.29, 0.717) is 37.9 Å². The Kier molecular flexibility index (Phi) is 7.51.